The maximum absolute atomic E-state index is 11.6. The Labute approximate surface area is 103 Å². The summed E-state index contributed by atoms with van der Waals surface area (Å²) in [5.74, 6) is 0.133. The molecule has 0 radical (unpaired) electrons. The minimum absolute atomic E-state index is 0.133. The Kier molecular flexibility index (Phi) is 5.44. The lowest BCUT2D eigenvalue weighted by molar-refractivity contribution is 0.198. The van der Waals surface area contributed by atoms with E-state index < -0.39 is 9.84 Å². The van der Waals surface area contributed by atoms with Crippen molar-refractivity contribution in [1.82, 2.24) is 0 Å². The molecule has 0 aromatic heterocycles. The van der Waals surface area contributed by atoms with Crippen molar-refractivity contribution in [2.75, 3.05) is 31.3 Å². The fraction of sp³-hybridized carbons (Fsp3) is 0.500. The Morgan fingerprint density at radius 3 is 2.41 bits per heavy atom. The summed E-state index contributed by atoms with van der Waals surface area (Å²) < 4.78 is 28.1. The molecule has 0 aliphatic carbocycles. The highest BCUT2D eigenvalue weighted by Crippen LogP contribution is 2.15. The molecule has 1 N–H and O–H groups in total. The molecule has 0 spiro atoms. The van der Waals surface area contributed by atoms with E-state index in [0.29, 0.717) is 4.90 Å². The third-order valence-electron chi connectivity index (χ3n) is 2.45. The SMILES string of the molecule is CCS(=O)(=O)c1ccc(NCCCOC)cc1. The number of anilines is 1. The zero-order valence-corrected chi connectivity index (χ0v) is 11.1. The Hall–Kier alpha value is -1.07. The van der Waals surface area contributed by atoms with Crippen LogP contribution in [-0.4, -0.2) is 34.4 Å². The highest BCUT2D eigenvalue weighted by Gasteiger charge is 2.10. The quantitative estimate of drug-likeness (QED) is 0.758. The topological polar surface area (TPSA) is 55.4 Å². The molecule has 0 heterocycles. The third kappa shape index (κ3) is 4.36. The van der Waals surface area contributed by atoms with E-state index in [9.17, 15) is 8.42 Å². The van der Waals surface area contributed by atoms with Crippen LogP contribution in [0.5, 0.6) is 0 Å². The number of methoxy groups -OCH3 is 1. The van der Waals surface area contributed by atoms with E-state index in [0.717, 1.165) is 25.3 Å². The van der Waals surface area contributed by atoms with Gasteiger partial charge in [-0.1, -0.05) is 6.92 Å². The molecule has 5 heteroatoms. The second kappa shape index (κ2) is 6.61. The minimum atomic E-state index is -3.09. The van der Waals surface area contributed by atoms with Crippen LogP contribution in [0, 0.1) is 0 Å². The largest absolute Gasteiger partial charge is 0.385 e. The van der Waals surface area contributed by atoms with Crippen molar-refractivity contribution < 1.29 is 13.2 Å². The molecule has 0 unspecified atom stereocenters. The first kappa shape index (κ1) is 14.0. The number of benzene rings is 1. The zero-order chi connectivity index (χ0) is 12.7. The maximum Gasteiger partial charge on any atom is 0.178 e. The van der Waals surface area contributed by atoms with Gasteiger partial charge in [0.15, 0.2) is 9.84 Å². The predicted molar refractivity (Wildman–Crippen MR) is 69.2 cm³/mol. The van der Waals surface area contributed by atoms with Gasteiger partial charge >= 0.3 is 0 Å². The summed E-state index contributed by atoms with van der Waals surface area (Å²) in [4.78, 5) is 0.377. The number of nitrogens with one attached hydrogen (secondary N) is 1. The average Bonchev–Trinajstić information content (AvgIpc) is 2.35. The smallest absolute Gasteiger partial charge is 0.178 e. The van der Waals surface area contributed by atoms with Crippen molar-refractivity contribution in [2.24, 2.45) is 0 Å². The van der Waals surface area contributed by atoms with E-state index in [-0.39, 0.29) is 5.75 Å². The first-order chi connectivity index (χ1) is 8.10. The number of hydrogen-bond acceptors (Lipinski definition) is 4. The van der Waals surface area contributed by atoms with Gasteiger partial charge in [0, 0.05) is 25.9 Å². The van der Waals surface area contributed by atoms with Crippen molar-refractivity contribution in [3.05, 3.63) is 24.3 Å². The monoisotopic (exact) mass is 257 g/mol. The Bertz CT molecular complexity index is 426. The molecule has 1 rings (SSSR count). The fourth-order valence-corrected chi connectivity index (χ4v) is 2.28. The molecule has 0 saturated heterocycles. The summed E-state index contributed by atoms with van der Waals surface area (Å²) in [5, 5.41) is 3.20. The maximum atomic E-state index is 11.6. The van der Waals surface area contributed by atoms with E-state index in [1.165, 1.54) is 0 Å². The lowest BCUT2D eigenvalue weighted by Gasteiger charge is -2.07. The van der Waals surface area contributed by atoms with Crippen molar-refractivity contribution in [2.45, 2.75) is 18.2 Å². The van der Waals surface area contributed by atoms with Crippen LogP contribution >= 0.6 is 0 Å². The van der Waals surface area contributed by atoms with Crippen molar-refractivity contribution >= 4 is 15.5 Å². The second-order valence-electron chi connectivity index (χ2n) is 3.70. The molecule has 0 bridgehead atoms. The van der Waals surface area contributed by atoms with Crippen LogP contribution in [0.3, 0.4) is 0 Å². The van der Waals surface area contributed by atoms with Crippen LogP contribution in [-0.2, 0) is 14.6 Å². The lowest BCUT2D eigenvalue weighted by atomic mass is 10.3. The number of hydrogen-bond donors (Lipinski definition) is 1. The van der Waals surface area contributed by atoms with Crippen LogP contribution in [0.4, 0.5) is 5.69 Å². The van der Waals surface area contributed by atoms with Gasteiger partial charge in [-0.15, -0.1) is 0 Å². The lowest BCUT2D eigenvalue weighted by Crippen LogP contribution is -2.06. The van der Waals surface area contributed by atoms with Crippen LogP contribution in [0.15, 0.2) is 29.2 Å². The predicted octanol–water partition coefficient (Wildman–Crippen LogP) is 1.93. The van der Waals surface area contributed by atoms with Gasteiger partial charge in [0.25, 0.3) is 0 Å². The van der Waals surface area contributed by atoms with Gasteiger partial charge in [0.2, 0.25) is 0 Å². The Morgan fingerprint density at radius 1 is 1.24 bits per heavy atom. The van der Waals surface area contributed by atoms with Crippen LogP contribution in [0.1, 0.15) is 13.3 Å². The molecular weight excluding hydrogens is 238 g/mol. The minimum Gasteiger partial charge on any atom is -0.385 e. The molecule has 0 aliphatic rings. The van der Waals surface area contributed by atoms with Crippen LogP contribution in [0.2, 0.25) is 0 Å². The second-order valence-corrected chi connectivity index (χ2v) is 5.98. The van der Waals surface area contributed by atoms with Gasteiger partial charge < -0.3 is 10.1 Å². The van der Waals surface area contributed by atoms with E-state index in [1.807, 2.05) is 0 Å². The van der Waals surface area contributed by atoms with E-state index >= 15 is 0 Å². The standard InChI is InChI=1S/C12H19NO3S/c1-3-17(14,15)12-7-5-11(6-8-12)13-9-4-10-16-2/h5-8,13H,3-4,9-10H2,1-2H3. The molecule has 0 aliphatic heterocycles. The Balaban J connectivity index is 2.57. The number of ether oxygens (including phenoxy) is 1. The molecule has 17 heavy (non-hydrogen) atoms. The molecule has 0 saturated carbocycles. The summed E-state index contributed by atoms with van der Waals surface area (Å²) in [6, 6.07) is 6.85. The van der Waals surface area contributed by atoms with Gasteiger partial charge in [0.1, 0.15) is 0 Å². The van der Waals surface area contributed by atoms with Gasteiger partial charge in [-0.2, -0.15) is 0 Å². The molecular formula is C12H19NO3S. The normalized spacial score (nSPS) is 11.4. The third-order valence-corrected chi connectivity index (χ3v) is 4.20. The fourth-order valence-electron chi connectivity index (χ4n) is 1.40. The Morgan fingerprint density at radius 2 is 1.88 bits per heavy atom. The van der Waals surface area contributed by atoms with Gasteiger partial charge in [0.05, 0.1) is 10.6 Å². The first-order valence-corrected chi connectivity index (χ1v) is 7.31. The van der Waals surface area contributed by atoms with Crippen LogP contribution < -0.4 is 5.32 Å². The molecule has 96 valence electrons. The summed E-state index contributed by atoms with van der Waals surface area (Å²) in [6.07, 6.45) is 0.922. The molecule has 1 aromatic rings. The highest BCUT2D eigenvalue weighted by molar-refractivity contribution is 7.91. The summed E-state index contributed by atoms with van der Waals surface area (Å²) in [6.45, 7) is 3.18. The number of rotatable bonds is 7. The summed E-state index contributed by atoms with van der Waals surface area (Å²) in [7, 11) is -1.42. The molecule has 0 fully saturated rings. The van der Waals surface area contributed by atoms with Crippen molar-refractivity contribution in [3.63, 3.8) is 0 Å². The van der Waals surface area contributed by atoms with Gasteiger partial charge in [-0.3, -0.25) is 0 Å². The highest BCUT2D eigenvalue weighted by atomic mass is 32.2. The first-order valence-electron chi connectivity index (χ1n) is 5.66. The van der Waals surface area contributed by atoms with Gasteiger partial charge in [-0.05, 0) is 30.7 Å². The van der Waals surface area contributed by atoms with Crippen molar-refractivity contribution in [1.29, 1.82) is 0 Å². The van der Waals surface area contributed by atoms with E-state index in [4.69, 9.17) is 4.74 Å². The number of sulfone groups is 1. The summed E-state index contributed by atoms with van der Waals surface area (Å²) in [5.41, 5.74) is 0.927. The molecule has 0 atom stereocenters. The average molecular weight is 257 g/mol. The van der Waals surface area contributed by atoms with Crippen molar-refractivity contribution in [3.8, 4) is 0 Å². The van der Waals surface area contributed by atoms with Crippen LogP contribution in [0.25, 0.3) is 0 Å². The summed E-state index contributed by atoms with van der Waals surface area (Å²) >= 11 is 0. The van der Waals surface area contributed by atoms with E-state index in [2.05, 4.69) is 5.32 Å². The molecule has 4 nitrogen and oxygen atoms in total. The molecule has 0 amide bonds. The zero-order valence-electron chi connectivity index (χ0n) is 10.3. The van der Waals surface area contributed by atoms with Gasteiger partial charge in [-0.25, -0.2) is 8.42 Å². The van der Waals surface area contributed by atoms with E-state index in [1.54, 1.807) is 38.3 Å². The molecule has 1 aromatic carbocycles.